The van der Waals surface area contributed by atoms with E-state index in [2.05, 4.69) is 29.4 Å². The second-order valence-electron chi connectivity index (χ2n) is 2.74. The van der Waals surface area contributed by atoms with Gasteiger partial charge < -0.3 is 5.32 Å². The van der Waals surface area contributed by atoms with Gasteiger partial charge in [0.05, 0.1) is 0 Å². The van der Waals surface area contributed by atoms with Crippen LogP contribution in [-0.4, -0.2) is 23.8 Å². The van der Waals surface area contributed by atoms with E-state index in [9.17, 15) is 0 Å². The topological polar surface area (TPSA) is 24.9 Å². The SMILES string of the molecule is CCNCCCSc1ccncc1. The van der Waals surface area contributed by atoms with Gasteiger partial charge in [-0.3, -0.25) is 4.98 Å². The third-order valence-electron chi connectivity index (χ3n) is 1.67. The second kappa shape index (κ2) is 6.92. The molecule has 0 aliphatic carbocycles. The first-order valence-electron chi connectivity index (χ1n) is 4.67. The summed E-state index contributed by atoms with van der Waals surface area (Å²) in [6.07, 6.45) is 4.90. The summed E-state index contributed by atoms with van der Waals surface area (Å²) in [5, 5.41) is 3.31. The molecule has 72 valence electrons. The number of nitrogens with one attached hydrogen (secondary N) is 1. The molecule has 1 rings (SSSR count). The van der Waals surface area contributed by atoms with Crippen molar-refractivity contribution in [3.8, 4) is 0 Å². The molecule has 0 aliphatic rings. The van der Waals surface area contributed by atoms with Crippen LogP contribution < -0.4 is 5.32 Å². The number of aromatic nitrogens is 1. The molecule has 1 aromatic rings. The van der Waals surface area contributed by atoms with E-state index in [1.165, 1.54) is 17.1 Å². The summed E-state index contributed by atoms with van der Waals surface area (Å²) in [5.41, 5.74) is 0. The van der Waals surface area contributed by atoms with Crippen LogP contribution in [0.1, 0.15) is 13.3 Å². The molecule has 0 spiro atoms. The highest BCUT2D eigenvalue weighted by Gasteiger charge is 1.91. The van der Waals surface area contributed by atoms with Crippen molar-refractivity contribution in [3.63, 3.8) is 0 Å². The highest BCUT2D eigenvalue weighted by atomic mass is 32.2. The van der Waals surface area contributed by atoms with Crippen LogP contribution in [0.25, 0.3) is 0 Å². The van der Waals surface area contributed by atoms with Crippen LogP contribution in [0, 0.1) is 0 Å². The molecule has 0 aromatic carbocycles. The van der Waals surface area contributed by atoms with E-state index in [0.717, 1.165) is 13.1 Å². The molecule has 0 amide bonds. The van der Waals surface area contributed by atoms with Crippen LogP contribution in [0.15, 0.2) is 29.4 Å². The Hall–Kier alpha value is -0.540. The van der Waals surface area contributed by atoms with Crippen molar-refractivity contribution in [1.82, 2.24) is 10.3 Å². The number of pyridine rings is 1. The first kappa shape index (κ1) is 10.5. The van der Waals surface area contributed by atoms with Gasteiger partial charge in [0.15, 0.2) is 0 Å². The van der Waals surface area contributed by atoms with Crippen LogP contribution in [0.2, 0.25) is 0 Å². The summed E-state index contributed by atoms with van der Waals surface area (Å²) in [6.45, 7) is 4.32. The molecule has 1 aromatic heterocycles. The van der Waals surface area contributed by atoms with Gasteiger partial charge in [-0.05, 0) is 37.4 Å². The molecule has 1 heterocycles. The monoisotopic (exact) mass is 196 g/mol. The smallest absolute Gasteiger partial charge is 0.0278 e. The van der Waals surface area contributed by atoms with E-state index in [1.807, 2.05) is 24.2 Å². The van der Waals surface area contributed by atoms with E-state index in [0.29, 0.717) is 0 Å². The Bertz CT molecular complexity index is 213. The second-order valence-corrected chi connectivity index (χ2v) is 3.91. The van der Waals surface area contributed by atoms with Crippen molar-refractivity contribution in [2.45, 2.75) is 18.2 Å². The van der Waals surface area contributed by atoms with Gasteiger partial charge >= 0.3 is 0 Å². The molecule has 3 heteroatoms. The lowest BCUT2D eigenvalue weighted by atomic mass is 10.5. The normalized spacial score (nSPS) is 10.2. The predicted molar refractivity (Wildman–Crippen MR) is 58.1 cm³/mol. The molecular formula is C10H16N2S. The Balaban J connectivity index is 2.07. The van der Waals surface area contributed by atoms with Crippen molar-refractivity contribution in [2.24, 2.45) is 0 Å². The van der Waals surface area contributed by atoms with Gasteiger partial charge in [0.25, 0.3) is 0 Å². The largest absolute Gasteiger partial charge is 0.317 e. The fourth-order valence-corrected chi connectivity index (χ4v) is 1.84. The Kier molecular flexibility index (Phi) is 5.61. The molecule has 13 heavy (non-hydrogen) atoms. The molecule has 0 bridgehead atoms. The van der Waals surface area contributed by atoms with Crippen LogP contribution in [-0.2, 0) is 0 Å². The number of hydrogen-bond donors (Lipinski definition) is 1. The summed E-state index contributed by atoms with van der Waals surface area (Å²) in [6, 6.07) is 4.11. The molecule has 0 saturated carbocycles. The van der Waals surface area contributed by atoms with Crippen LogP contribution in [0.5, 0.6) is 0 Å². The number of thioether (sulfide) groups is 1. The fraction of sp³-hybridized carbons (Fsp3) is 0.500. The number of nitrogens with zero attached hydrogens (tertiary/aromatic N) is 1. The molecule has 1 N–H and O–H groups in total. The van der Waals surface area contributed by atoms with E-state index in [1.54, 1.807) is 0 Å². The van der Waals surface area contributed by atoms with E-state index in [4.69, 9.17) is 0 Å². The molecule has 0 saturated heterocycles. The Labute approximate surface area is 84.1 Å². The molecule has 0 atom stereocenters. The quantitative estimate of drug-likeness (QED) is 0.557. The Morgan fingerprint density at radius 3 is 2.85 bits per heavy atom. The zero-order chi connectivity index (χ0) is 9.36. The van der Waals surface area contributed by atoms with Gasteiger partial charge in [-0.25, -0.2) is 0 Å². The lowest BCUT2D eigenvalue weighted by Crippen LogP contribution is -2.14. The maximum absolute atomic E-state index is 3.98. The third-order valence-corrected chi connectivity index (χ3v) is 2.76. The van der Waals surface area contributed by atoms with Gasteiger partial charge in [-0.1, -0.05) is 6.92 Å². The summed E-state index contributed by atoms with van der Waals surface area (Å²) in [7, 11) is 0. The maximum Gasteiger partial charge on any atom is 0.0278 e. The average Bonchev–Trinajstić information content (AvgIpc) is 2.19. The van der Waals surface area contributed by atoms with Crippen molar-refractivity contribution < 1.29 is 0 Å². The van der Waals surface area contributed by atoms with Crippen molar-refractivity contribution in [3.05, 3.63) is 24.5 Å². The van der Waals surface area contributed by atoms with Crippen molar-refractivity contribution in [2.75, 3.05) is 18.8 Å². The third kappa shape index (κ3) is 4.90. The van der Waals surface area contributed by atoms with Crippen molar-refractivity contribution >= 4 is 11.8 Å². The molecule has 0 aliphatic heterocycles. The minimum absolute atomic E-state index is 1.07. The summed E-state index contributed by atoms with van der Waals surface area (Å²) in [4.78, 5) is 5.29. The Morgan fingerprint density at radius 1 is 1.38 bits per heavy atom. The fourth-order valence-electron chi connectivity index (χ4n) is 0.998. The Morgan fingerprint density at radius 2 is 2.15 bits per heavy atom. The van der Waals surface area contributed by atoms with Gasteiger partial charge in [-0.15, -0.1) is 11.8 Å². The molecule has 0 fully saturated rings. The maximum atomic E-state index is 3.98. The van der Waals surface area contributed by atoms with Gasteiger partial charge in [-0.2, -0.15) is 0 Å². The summed E-state index contributed by atoms with van der Waals surface area (Å²) >= 11 is 1.89. The molecule has 0 radical (unpaired) electrons. The zero-order valence-electron chi connectivity index (χ0n) is 7.99. The van der Waals surface area contributed by atoms with Gasteiger partial charge in [0.1, 0.15) is 0 Å². The van der Waals surface area contributed by atoms with Gasteiger partial charge in [0.2, 0.25) is 0 Å². The number of rotatable bonds is 6. The minimum atomic E-state index is 1.07. The standard InChI is InChI=1S/C10H16N2S/c1-2-11-6-3-9-13-10-4-7-12-8-5-10/h4-5,7-8,11H,2-3,6,9H2,1H3. The van der Waals surface area contributed by atoms with E-state index >= 15 is 0 Å². The summed E-state index contributed by atoms with van der Waals surface area (Å²) < 4.78 is 0. The molecule has 2 nitrogen and oxygen atoms in total. The number of hydrogen-bond acceptors (Lipinski definition) is 3. The highest BCUT2D eigenvalue weighted by Crippen LogP contribution is 2.16. The first-order chi connectivity index (χ1) is 6.43. The average molecular weight is 196 g/mol. The minimum Gasteiger partial charge on any atom is -0.317 e. The van der Waals surface area contributed by atoms with Crippen LogP contribution >= 0.6 is 11.8 Å². The van der Waals surface area contributed by atoms with E-state index in [-0.39, 0.29) is 0 Å². The predicted octanol–water partition coefficient (Wildman–Crippen LogP) is 2.17. The molecule has 0 unspecified atom stereocenters. The molecular weight excluding hydrogens is 180 g/mol. The van der Waals surface area contributed by atoms with Crippen LogP contribution in [0.3, 0.4) is 0 Å². The highest BCUT2D eigenvalue weighted by molar-refractivity contribution is 7.99. The lowest BCUT2D eigenvalue weighted by molar-refractivity contribution is 0.707. The first-order valence-corrected chi connectivity index (χ1v) is 5.65. The van der Waals surface area contributed by atoms with Crippen LogP contribution in [0.4, 0.5) is 0 Å². The lowest BCUT2D eigenvalue weighted by Gasteiger charge is -2.01. The van der Waals surface area contributed by atoms with Gasteiger partial charge in [0, 0.05) is 17.3 Å². The summed E-state index contributed by atoms with van der Waals surface area (Å²) in [5.74, 6) is 1.18. The van der Waals surface area contributed by atoms with Crippen molar-refractivity contribution in [1.29, 1.82) is 0 Å². The zero-order valence-corrected chi connectivity index (χ0v) is 8.81. The van der Waals surface area contributed by atoms with E-state index < -0.39 is 0 Å².